The number of aromatic nitrogens is 3. The highest BCUT2D eigenvalue weighted by molar-refractivity contribution is 6.28. The number of hydrogen-bond donors (Lipinski definition) is 2. The van der Waals surface area contributed by atoms with Crippen LogP contribution in [0.3, 0.4) is 0 Å². The van der Waals surface area contributed by atoms with Gasteiger partial charge in [0.05, 0.1) is 37.6 Å². The second-order valence-corrected chi connectivity index (χ2v) is 11.8. The summed E-state index contributed by atoms with van der Waals surface area (Å²) < 4.78 is 16.2. The first-order valence-corrected chi connectivity index (χ1v) is 14.9. The molecule has 0 unspecified atom stereocenters. The molecule has 3 aliphatic heterocycles. The van der Waals surface area contributed by atoms with Crippen molar-refractivity contribution in [1.82, 2.24) is 19.9 Å². The van der Waals surface area contributed by atoms with Crippen molar-refractivity contribution in [1.29, 1.82) is 0 Å². The molecule has 15 nitrogen and oxygen atoms in total. The number of benzene rings is 2. The van der Waals surface area contributed by atoms with Crippen LogP contribution in [0.1, 0.15) is 41.5 Å². The van der Waals surface area contributed by atoms with Crippen LogP contribution >= 0.6 is 0 Å². The molecule has 0 bridgehead atoms. The third-order valence-corrected chi connectivity index (χ3v) is 7.32. The van der Waals surface area contributed by atoms with Crippen LogP contribution in [0.4, 0.5) is 32.9 Å². The Morgan fingerprint density at radius 1 is 0.739 bits per heavy atom. The average Bonchev–Trinajstić information content (AvgIpc) is 3.29. The molecule has 6 rings (SSSR count). The van der Waals surface area contributed by atoms with Gasteiger partial charge in [-0.1, -0.05) is 0 Å². The van der Waals surface area contributed by atoms with Crippen molar-refractivity contribution in [3.05, 3.63) is 53.6 Å². The van der Waals surface area contributed by atoms with Crippen molar-refractivity contribution >= 4 is 47.2 Å². The van der Waals surface area contributed by atoms with Crippen molar-refractivity contribution in [2.75, 3.05) is 73.0 Å². The Labute approximate surface area is 264 Å². The lowest BCUT2D eigenvalue weighted by Gasteiger charge is -2.30. The first-order valence-electron chi connectivity index (χ1n) is 14.9. The van der Waals surface area contributed by atoms with E-state index in [1.807, 2.05) is 12.1 Å². The molecule has 4 heterocycles. The van der Waals surface area contributed by atoms with Crippen LogP contribution < -0.4 is 20.4 Å². The molecule has 2 fully saturated rings. The van der Waals surface area contributed by atoms with Crippen molar-refractivity contribution < 1.29 is 33.4 Å². The fraction of sp³-hybridized carbons (Fsp3) is 0.387. The number of carbonyl (C=O) groups excluding carboxylic acids is 4. The summed E-state index contributed by atoms with van der Waals surface area (Å²) in [6.07, 6.45) is -1.05. The zero-order valence-corrected chi connectivity index (χ0v) is 25.7. The minimum absolute atomic E-state index is 0.0109. The maximum atomic E-state index is 12.9. The maximum Gasteiger partial charge on any atom is 0.424 e. The molecule has 240 valence electrons. The Morgan fingerprint density at radius 3 is 1.83 bits per heavy atom. The Kier molecular flexibility index (Phi) is 8.51. The van der Waals surface area contributed by atoms with Gasteiger partial charge in [0.2, 0.25) is 11.9 Å². The Hall–Kier alpha value is -5.15. The Morgan fingerprint density at radius 2 is 1.26 bits per heavy atom. The van der Waals surface area contributed by atoms with Gasteiger partial charge < -0.3 is 34.6 Å². The van der Waals surface area contributed by atoms with Gasteiger partial charge in [-0.2, -0.15) is 19.9 Å². The Bertz CT molecular complexity index is 1630. The minimum atomic E-state index is -1.05. The second kappa shape index (κ2) is 12.7. The molecule has 3 aromatic rings. The molecule has 5 amide bonds. The number of imide groups is 3. The number of nitrogens with one attached hydrogen (secondary N) is 2. The fourth-order valence-corrected chi connectivity index (χ4v) is 5.08. The number of anilines is 4. The summed E-state index contributed by atoms with van der Waals surface area (Å²) in [5.74, 6) is 0.0745. The van der Waals surface area contributed by atoms with Gasteiger partial charge in [-0.3, -0.25) is 9.59 Å². The molecule has 1 aromatic heterocycles. The normalized spacial score (nSPS) is 16.7. The summed E-state index contributed by atoms with van der Waals surface area (Å²) in [6, 6.07) is 10.7. The number of hydrogen-bond acceptors (Lipinski definition) is 12. The number of rotatable bonds is 5. The van der Waals surface area contributed by atoms with E-state index >= 15 is 0 Å². The summed E-state index contributed by atoms with van der Waals surface area (Å²) in [6.45, 7) is 10.0. The van der Waals surface area contributed by atoms with E-state index in [4.69, 9.17) is 29.2 Å². The predicted octanol–water partition coefficient (Wildman–Crippen LogP) is 3.39. The van der Waals surface area contributed by atoms with E-state index in [9.17, 15) is 19.2 Å². The zero-order valence-electron chi connectivity index (χ0n) is 25.7. The number of fused-ring (bicyclic) bond motifs is 1. The Balaban J connectivity index is 1.14. The van der Waals surface area contributed by atoms with Crippen molar-refractivity contribution in [2.45, 2.75) is 26.4 Å². The lowest BCUT2D eigenvalue weighted by Crippen LogP contribution is -2.40. The van der Waals surface area contributed by atoms with Crippen LogP contribution in [0.5, 0.6) is 0 Å². The third kappa shape index (κ3) is 6.74. The monoisotopic (exact) mass is 630 g/mol. The molecule has 2 saturated heterocycles. The standard InChI is InChI=1S/C31H34N8O7/c1-31(2,3)46-30(43)39-25(40)22-9-8-21(18-23(22)26(39)41)33-29(42)32-20-6-4-19(5-7-20)24-34-27(37-10-14-44-15-11-37)36-28(35-24)38-12-16-45-17-13-38/h4-9,18H,10-17H2,1-3H3,(H2,32,33,42). The van der Waals surface area contributed by atoms with Crippen LogP contribution in [0.2, 0.25) is 0 Å². The smallest absolute Gasteiger partial charge is 0.424 e. The zero-order chi connectivity index (χ0) is 32.4. The molecular formula is C31H34N8O7. The molecule has 0 saturated carbocycles. The summed E-state index contributed by atoms with van der Waals surface area (Å²) in [5.41, 5.74) is 0.650. The maximum absolute atomic E-state index is 12.9. The largest absolute Gasteiger partial charge is 0.443 e. The van der Waals surface area contributed by atoms with Gasteiger partial charge in [0, 0.05) is 43.1 Å². The molecule has 0 atom stereocenters. The van der Waals surface area contributed by atoms with E-state index < -0.39 is 29.5 Å². The van der Waals surface area contributed by atoms with Crippen molar-refractivity contribution in [3.8, 4) is 11.4 Å². The second-order valence-electron chi connectivity index (χ2n) is 11.8. The number of carbonyl (C=O) groups is 4. The number of ether oxygens (including phenoxy) is 3. The van der Waals surface area contributed by atoms with Crippen LogP contribution in [0, 0.1) is 0 Å². The van der Waals surface area contributed by atoms with Crippen LogP contribution in [0.25, 0.3) is 11.4 Å². The molecular weight excluding hydrogens is 596 g/mol. The van der Waals surface area contributed by atoms with E-state index in [2.05, 4.69) is 20.4 Å². The molecule has 0 spiro atoms. The van der Waals surface area contributed by atoms with E-state index in [0.717, 1.165) is 5.56 Å². The van der Waals surface area contributed by atoms with Gasteiger partial charge in [0.25, 0.3) is 11.8 Å². The summed E-state index contributed by atoms with van der Waals surface area (Å²) in [7, 11) is 0. The predicted molar refractivity (Wildman–Crippen MR) is 167 cm³/mol. The number of urea groups is 1. The van der Waals surface area contributed by atoms with Gasteiger partial charge in [0.15, 0.2) is 5.82 Å². The van der Waals surface area contributed by atoms with Gasteiger partial charge in [-0.25, -0.2) is 9.59 Å². The van der Waals surface area contributed by atoms with E-state index in [1.54, 1.807) is 32.9 Å². The summed E-state index contributed by atoms with van der Waals surface area (Å²) >= 11 is 0. The topological polar surface area (TPSA) is 168 Å². The summed E-state index contributed by atoms with van der Waals surface area (Å²) in [5, 5.41) is 5.41. The SMILES string of the molecule is CC(C)(C)OC(=O)N1C(=O)c2ccc(NC(=O)Nc3ccc(-c4nc(N5CCOCC5)nc(N5CCOCC5)n4)cc3)cc2C1=O. The van der Waals surface area contributed by atoms with Crippen molar-refractivity contribution in [2.24, 2.45) is 0 Å². The number of morpholine rings is 2. The highest BCUT2D eigenvalue weighted by atomic mass is 16.6. The lowest BCUT2D eigenvalue weighted by molar-refractivity contribution is 0.0255. The first kappa shape index (κ1) is 30.9. The third-order valence-electron chi connectivity index (χ3n) is 7.32. The highest BCUT2D eigenvalue weighted by Gasteiger charge is 2.42. The fourth-order valence-electron chi connectivity index (χ4n) is 5.08. The van der Waals surface area contributed by atoms with E-state index in [0.29, 0.717) is 80.9 Å². The molecule has 3 aliphatic rings. The molecule has 15 heteroatoms. The van der Waals surface area contributed by atoms with E-state index in [-0.39, 0.29) is 16.8 Å². The lowest BCUT2D eigenvalue weighted by atomic mass is 10.1. The highest BCUT2D eigenvalue weighted by Crippen LogP contribution is 2.28. The molecule has 46 heavy (non-hydrogen) atoms. The molecule has 2 N–H and O–H groups in total. The van der Waals surface area contributed by atoms with Crippen LogP contribution in [-0.2, 0) is 14.2 Å². The molecule has 0 aliphatic carbocycles. The van der Waals surface area contributed by atoms with Gasteiger partial charge >= 0.3 is 12.1 Å². The molecule has 0 radical (unpaired) electrons. The number of amides is 5. The van der Waals surface area contributed by atoms with Crippen LogP contribution in [0.15, 0.2) is 42.5 Å². The quantitative estimate of drug-likeness (QED) is 0.395. The minimum Gasteiger partial charge on any atom is -0.443 e. The summed E-state index contributed by atoms with van der Waals surface area (Å²) in [4.78, 5) is 69.8. The average molecular weight is 631 g/mol. The van der Waals surface area contributed by atoms with Gasteiger partial charge in [-0.05, 0) is 63.2 Å². The van der Waals surface area contributed by atoms with Crippen molar-refractivity contribution in [3.63, 3.8) is 0 Å². The van der Waals surface area contributed by atoms with Crippen LogP contribution in [-0.4, -0.2) is 102 Å². The molecule has 2 aromatic carbocycles. The number of nitrogens with zero attached hydrogens (tertiary/aromatic N) is 6. The van der Waals surface area contributed by atoms with Gasteiger partial charge in [-0.15, -0.1) is 0 Å². The van der Waals surface area contributed by atoms with E-state index in [1.165, 1.54) is 18.2 Å². The van der Waals surface area contributed by atoms with Gasteiger partial charge in [0.1, 0.15) is 5.60 Å². The first-order chi connectivity index (χ1) is 22.1.